The lowest BCUT2D eigenvalue weighted by atomic mass is 10.2. The van der Waals surface area contributed by atoms with Crippen LogP contribution < -0.4 is 10.5 Å². The van der Waals surface area contributed by atoms with Gasteiger partial charge in [-0.15, -0.1) is 0 Å². The summed E-state index contributed by atoms with van der Waals surface area (Å²) in [7, 11) is -3.38. The number of rotatable bonds is 5. The third-order valence-corrected chi connectivity index (χ3v) is 3.65. The van der Waals surface area contributed by atoms with Gasteiger partial charge in [-0.3, -0.25) is 0 Å². The lowest BCUT2D eigenvalue weighted by Gasteiger charge is -2.11. The Morgan fingerprint density at radius 1 is 1.41 bits per heavy atom. The van der Waals surface area contributed by atoms with E-state index in [-0.39, 0.29) is 18.3 Å². The Balaban J connectivity index is 2.73. The Bertz CT molecular complexity index is 503. The molecule has 92 valence electrons. The molecule has 0 heterocycles. The van der Waals surface area contributed by atoms with Gasteiger partial charge in [-0.05, 0) is 24.6 Å². The van der Waals surface area contributed by atoms with Gasteiger partial charge in [-0.2, -0.15) is 5.26 Å². The molecule has 0 saturated heterocycles. The number of sulfonamides is 1. The van der Waals surface area contributed by atoms with Gasteiger partial charge in [0.25, 0.3) is 0 Å². The summed E-state index contributed by atoms with van der Waals surface area (Å²) in [6, 6.07) is 8.15. The van der Waals surface area contributed by atoms with E-state index >= 15 is 0 Å². The van der Waals surface area contributed by atoms with Gasteiger partial charge < -0.3 is 5.73 Å². The first-order chi connectivity index (χ1) is 7.96. The van der Waals surface area contributed by atoms with Gasteiger partial charge in [0.15, 0.2) is 0 Å². The van der Waals surface area contributed by atoms with Crippen LogP contribution in [0, 0.1) is 11.3 Å². The van der Waals surface area contributed by atoms with Crippen molar-refractivity contribution in [3.8, 4) is 6.07 Å². The van der Waals surface area contributed by atoms with Gasteiger partial charge in [0.2, 0.25) is 10.0 Å². The van der Waals surface area contributed by atoms with Gasteiger partial charge in [0, 0.05) is 12.6 Å². The second-order valence-electron chi connectivity index (χ2n) is 3.82. The second kappa shape index (κ2) is 5.77. The maximum atomic E-state index is 11.7. The average molecular weight is 253 g/mol. The van der Waals surface area contributed by atoms with Crippen LogP contribution in [0.25, 0.3) is 0 Å². The first kappa shape index (κ1) is 13.6. The van der Waals surface area contributed by atoms with Crippen LogP contribution in [-0.4, -0.2) is 21.0 Å². The number of hydrogen-bond acceptors (Lipinski definition) is 4. The van der Waals surface area contributed by atoms with Crippen LogP contribution in [0.5, 0.6) is 0 Å². The SMILES string of the molecule is C[C@H](CN)NS(=O)(=O)Cc1ccc(C#N)cc1. The first-order valence-corrected chi connectivity index (χ1v) is 6.81. The number of nitrogens with two attached hydrogens (primary N) is 1. The molecule has 0 spiro atoms. The summed E-state index contributed by atoms with van der Waals surface area (Å²) in [6.07, 6.45) is 0. The van der Waals surface area contributed by atoms with Crippen molar-refractivity contribution in [2.75, 3.05) is 6.54 Å². The van der Waals surface area contributed by atoms with Crippen molar-refractivity contribution in [2.45, 2.75) is 18.7 Å². The molecule has 0 aromatic heterocycles. The molecule has 1 aromatic carbocycles. The Morgan fingerprint density at radius 2 is 2.00 bits per heavy atom. The predicted octanol–water partition coefficient (Wildman–Crippen LogP) is 0.325. The molecule has 0 fully saturated rings. The minimum atomic E-state index is -3.38. The van der Waals surface area contributed by atoms with Crippen LogP contribution in [0.4, 0.5) is 0 Å². The van der Waals surface area contributed by atoms with Crippen LogP contribution in [-0.2, 0) is 15.8 Å². The van der Waals surface area contributed by atoms with E-state index in [4.69, 9.17) is 11.0 Å². The first-order valence-electron chi connectivity index (χ1n) is 5.16. The molecule has 1 aromatic rings. The lowest BCUT2D eigenvalue weighted by Crippen LogP contribution is -2.38. The van der Waals surface area contributed by atoms with Gasteiger partial charge >= 0.3 is 0 Å². The van der Waals surface area contributed by atoms with Crippen LogP contribution in [0.3, 0.4) is 0 Å². The molecular formula is C11H15N3O2S. The van der Waals surface area contributed by atoms with E-state index in [1.54, 1.807) is 31.2 Å². The molecule has 0 aliphatic rings. The molecular weight excluding hydrogens is 238 g/mol. The molecule has 0 aliphatic heterocycles. The van der Waals surface area contributed by atoms with Gasteiger partial charge in [-0.1, -0.05) is 12.1 Å². The van der Waals surface area contributed by atoms with Crippen molar-refractivity contribution >= 4 is 10.0 Å². The summed E-state index contributed by atoms with van der Waals surface area (Å²) in [5.41, 5.74) is 6.50. The van der Waals surface area contributed by atoms with E-state index < -0.39 is 10.0 Å². The second-order valence-corrected chi connectivity index (χ2v) is 5.58. The molecule has 0 radical (unpaired) electrons. The van der Waals surface area contributed by atoms with Gasteiger partial charge in [-0.25, -0.2) is 13.1 Å². The fourth-order valence-corrected chi connectivity index (χ4v) is 2.72. The maximum absolute atomic E-state index is 11.7. The molecule has 3 N–H and O–H groups in total. The maximum Gasteiger partial charge on any atom is 0.216 e. The van der Waals surface area contributed by atoms with Crippen LogP contribution in [0.15, 0.2) is 24.3 Å². The van der Waals surface area contributed by atoms with Crippen LogP contribution in [0.1, 0.15) is 18.1 Å². The number of nitrogens with zero attached hydrogens (tertiary/aromatic N) is 1. The number of hydrogen-bond donors (Lipinski definition) is 2. The molecule has 1 atom stereocenters. The molecule has 1 rings (SSSR count). The normalized spacial score (nSPS) is 13.0. The molecule has 5 nitrogen and oxygen atoms in total. The van der Waals surface area contributed by atoms with E-state index in [0.717, 1.165) is 0 Å². The quantitative estimate of drug-likeness (QED) is 0.790. The average Bonchev–Trinajstić information content (AvgIpc) is 2.28. The third-order valence-electron chi connectivity index (χ3n) is 2.17. The zero-order chi connectivity index (χ0) is 12.9. The predicted molar refractivity (Wildman–Crippen MR) is 65.4 cm³/mol. The van der Waals surface area contributed by atoms with Crippen molar-refractivity contribution < 1.29 is 8.42 Å². The summed E-state index contributed by atoms with van der Waals surface area (Å²) in [4.78, 5) is 0. The van der Waals surface area contributed by atoms with E-state index in [9.17, 15) is 8.42 Å². The Labute approximate surface area is 101 Å². The van der Waals surface area contributed by atoms with Crippen molar-refractivity contribution in [3.63, 3.8) is 0 Å². The highest BCUT2D eigenvalue weighted by atomic mass is 32.2. The lowest BCUT2D eigenvalue weighted by molar-refractivity contribution is 0.562. The Hall–Kier alpha value is -1.42. The smallest absolute Gasteiger partial charge is 0.216 e. The monoisotopic (exact) mass is 253 g/mol. The summed E-state index contributed by atoms with van der Waals surface area (Å²) in [5.74, 6) is -0.108. The minimum absolute atomic E-state index is 0.108. The van der Waals surface area contributed by atoms with Crippen molar-refractivity contribution in [3.05, 3.63) is 35.4 Å². The molecule has 0 saturated carbocycles. The van der Waals surface area contributed by atoms with Gasteiger partial charge in [0.1, 0.15) is 0 Å². The van der Waals surface area contributed by atoms with E-state index in [1.807, 2.05) is 6.07 Å². The fraction of sp³-hybridized carbons (Fsp3) is 0.364. The van der Waals surface area contributed by atoms with Gasteiger partial charge in [0.05, 0.1) is 17.4 Å². The van der Waals surface area contributed by atoms with Crippen molar-refractivity contribution in [2.24, 2.45) is 5.73 Å². The molecule has 0 amide bonds. The van der Waals surface area contributed by atoms with Crippen LogP contribution in [0.2, 0.25) is 0 Å². The number of benzene rings is 1. The highest BCUT2D eigenvalue weighted by Crippen LogP contribution is 2.07. The summed E-state index contributed by atoms with van der Waals surface area (Å²) >= 11 is 0. The third kappa shape index (κ3) is 4.53. The Morgan fingerprint density at radius 3 is 2.47 bits per heavy atom. The van der Waals surface area contributed by atoms with Crippen molar-refractivity contribution in [1.29, 1.82) is 5.26 Å². The molecule has 0 unspecified atom stereocenters. The van der Waals surface area contributed by atoms with Crippen LogP contribution >= 0.6 is 0 Å². The molecule has 0 bridgehead atoms. The highest BCUT2D eigenvalue weighted by molar-refractivity contribution is 7.88. The Kier molecular flexibility index (Phi) is 4.63. The zero-order valence-electron chi connectivity index (χ0n) is 9.55. The molecule has 17 heavy (non-hydrogen) atoms. The zero-order valence-corrected chi connectivity index (χ0v) is 10.4. The fourth-order valence-electron chi connectivity index (χ4n) is 1.29. The summed E-state index contributed by atoms with van der Waals surface area (Å²) < 4.78 is 25.8. The molecule has 6 heteroatoms. The topological polar surface area (TPSA) is 96.0 Å². The van der Waals surface area contributed by atoms with E-state index in [2.05, 4.69) is 4.72 Å². The molecule has 0 aliphatic carbocycles. The largest absolute Gasteiger partial charge is 0.329 e. The summed E-state index contributed by atoms with van der Waals surface area (Å²) in [5, 5.41) is 8.62. The highest BCUT2D eigenvalue weighted by Gasteiger charge is 2.14. The standard InChI is InChI=1S/C11H15N3O2S/c1-9(6-12)14-17(15,16)8-11-4-2-10(7-13)3-5-11/h2-5,9,14H,6,8,12H2,1H3/t9-/m1/s1. The van der Waals surface area contributed by atoms with E-state index in [1.165, 1.54) is 0 Å². The van der Waals surface area contributed by atoms with E-state index in [0.29, 0.717) is 11.1 Å². The number of nitrogens with one attached hydrogen (secondary N) is 1. The minimum Gasteiger partial charge on any atom is -0.329 e. The van der Waals surface area contributed by atoms with Crippen molar-refractivity contribution in [1.82, 2.24) is 4.72 Å². The summed E-state index contributed by atoms with van der Waals surface area (Å²) in [6.45, 7) is 1.96. The number of nitriles is 1.